The fourth-order valence-corrected chi connectivity index (χ4v) is 2.77. The van der Waals surface area contributed by atoms with Gasteiger partial charge in [-0.1, -0.05) is 19.0 Å². The van der Waals surface area contributed by atoms with Crippen LogP contribution in [-0.4, -0.2) is 55.9 Å². The average Bonchev–Trinajstić information content (AvgIpc) is 3.18. The van der Waals surface area contributed by atoms with Crippen LogP contribution in [0.3, 0.4) is 0 Å². The van der Waals surface area contributed by atoms with Gasteiger partial charge in [0.1, 0.15) is 12.6 Å². The number of anilines is 1. The zero-order valence-corrected chi connectivity index (χ0v) is 14.5. The van der Waals surface area contributed by atoms with E-state index in [0.29, 0.717) is 0 Å². The Bertz CT molecular complexity index is 981. The molecular formula is C14H17FN8O4. The predicted molar refractivity (Wildman–Crippen MR) is 90.5 cm³/mol. The molecule has 0 aromatic carbocycles. The Balaban J connectivity index is 2.12. The molecular weight excluding hydrogens is 363 g/mol. The molecule has 144 valence electrons. The number of carbonyl (C=O) groups is 1. The number of azide groups is 1. The Hall–Kier alpha value is -3.02. The first-order chi connectivity index (χ1) is 12.8. The SMILES string of the molecule is CC(C)C(=O)Nc1nc2c(ncn2[C@@]2(F)CO[C@H](CO)C2N=[N+]=[N-])c(=O)[nH]1. The van der Waals surface area contributed by atoms with E-state index in [2.05, 4.69) is 30.3 Å². The molecule has 0 spiro atoms. The Morgan fingerprint density at radius 3 is 3.07 bits per heavy atom. The topological polar surface area (TPSA) is 171 Å². The number of imidazole rings is 1. The van der Waals surface area contributed by atoms with E-state index >= 15 is 4.39 Å². The molecule has 1 fully saturated rings. The molecule has 3 rings (SSSR count). The number of carbonyl (C=O) groups excluding carboxylic acids is 1. The van der Waals surface area contributed by atoms with E-state index in [1.54, 1.807) is 13.8 Å². The highest BCUT2D eigenvalue weighted by atomic mass is 19.1. The Morgan fingerprint density at radius 2 is 2.44 bits per heavy atom. The summed E-state index contributed by atoms with van der Waals surface area (Å²) in [5, 5.41) is 15.2. The van der Waals surface area contributed by atoms with E-state index in [0.717, 1.165) is 10.9 Å². The van der Waals surface area contributed by atoms with Crippen molar-refractivity contribution in [3.8, 4) is 0 Å². The quantitative estimate of drug-likeness (QED) is 0.385. The molecule has 1 aliphatic heterocycles. The third-order valence-electron chi connectivity index (χ3n) is 4.23. The molecule has 1 saturated heterocycles. The molecule has 12 nitrogen and oxygen atoms in total. The number of ether oxygens (including phenoxy) is 1. The highest BCUT2D eigenvalue weighted by Crippen LogP contribution is 2.37. The summed E-state index contributed by atoms with van der Waals surface area (Å²) in [5.74, 6) is -3.36. The molecule has 2 aromatic rings. The number of rotatable bonds is 5. The normalized spacial score (nSPS) is 24.9. The van der Waals surface area contributed by atoms with Crippen LogP contribution >= 0.6 is 0 Å². The molecule has 0 aliphatic carbocycles. The summed E-state index contributed by atoms with van der Waals surface area (Å²) >= 11 is 0. The maximum absolute atomic E-state index is 15.7. The lowest BCUT2D eigenvalue weighted by atomic mass is 10.0. The van der Waals surface area contributed by atoms with E-state index in [4.69, 9.17) is 10.3 Å². The van der Waals surface area contributed by atoms with Crippen molar-refractivity contribution in [3.05, 3.63) is 27.1 Å². The molecule has 27 heavy (non-hydrogen) atoms. The predicted octanol–water partition coefficient (Wildman–Crippen LogP) is 0.406. The van der Waals surface area contributed by atoms with Gasteiger partial charge >= 0.3 is 0 Å². The zero-order chi connectivity index (χ0) is 19.8. The maximum atomic E-state index is 15.7. The van der Waals surface area contributed by atoms with Crippen molar-refractivity contribution in [2.24, 2.45) is 11.0 Å². The van der Waals surface area contributed by atoms with E-state index in [1.807, 2.05) is 0 Å². The van der Waals surface area contributed by atoms with Gasteiger partial charge in [-0.15, -0.1) is 0 Å². The fourth-order valence-electron chi connectivity index (χ4n) is 2.77. The van der Waals surface area contributed by atoms with Crippen LogP contribution in [0.25, 0.3) is 21.6 Å². The molecule has 3 atom stereocenters. The number of nitrogens with zero attached hydrogens (tertiary/aromatic N) is 6. The molecule has 1 unspecified atom stereocenters. The zero-order valence-electron chi connectivity index (χ0n) is 14.5. The van der Waals surface area contributed by atoms with Gasteiger partial charge in [0.25, 0.3) is 5.56 Å². The molecule has 3 heterocycles. The summed E-state index contributed by atoms with van der Waals surface area (Å²) in [7, 11) is 0. The number of nitrogens with one attached hydrogen (secondary N) is 2. The smallest absolute Gasteiger partial charge is 0.280 e. The highest BCUT2D eigenvalue weighted by Gasteiger charge is 2.52. The van der Waals surface area contributed by atoms with Gasteiger partial charge in [-0.3, -0.25) is 24.5 Å². The maximum Gasteiger partial charge on any atom is 0.280 e. The number of hydrogen-bond acceptors (Lipinski definition) is 7. The van der Waals surface area contributed by atoms with Crippen LogP contribution in [0.5, 0.6) is 0 Å². The standard InChI is InChI=1S/C14H17FN8O4/c1-6(2)11(25)19-13-18-10-8(12(26)20-13)17-5-23(10)14(15)4-27-7(3-24)9(14)21-22-16/h5-7,9,24H,3-4H2,1-2H3,(H2,18,19,20,25,26)/t7-,9?,14+/m1/s1. The van der Waals surface area contributed by atoms with Gasteiger partial charge in [-0.05, 0) is 5.53 Å². The number of fused-ring (bicyclic) bond motifs is 1. The number of aromatic nitrogens is 4. The minimum atomic E-state index is -2.42. The molecule has 1 amide bonds. The van der Waals surface area contributed by atoms with Crippen molar-refractivity contribution in [1.29, 1.82) is 0 Å². The van der Waals surface area contributed by atoms with Crippen LogP contribution in [-0.2, 0) is 15.3 Å². The van der Waals surface area contributed by atoms with Crippen molar-refractivity contribution in [2.75, 3.05) is 18.5 Å². The molecule has 13 heteroatoms. The van der Waals surface area contributed by atoms with Crippen LogP contribution < -0.4 is 10.9 Å². The minimum absolute atomic E-state index is 0.165. The fraction of sp³-hybridized carbons (Fsp3) is 0.571. The average molecular weight is 380 g/mol. The molecule has 0 radical (unpaired) electrons. The number of hydrogen-bond donors (Lipinski definition) is 3. The number of amides is 1. The van der Waals surface area contributed by atoms with Gasteiger partial charge in [0.2, 0.25) is 17.6 Å². The number of aliphatic hydroxyl groups is 1. The van der Waals surface area contributed by atoms with Gasteiger partial charge in [-0.2, -0.15) is 4.98 Å². The number of aromatic amines is 1. The Labute approximate surface area is 151 Å². The molecule has 2 aromatic heterocycles. The van der Waals surface area contributed by atoms with Gasteiger partial charge < -0.3 is 9.84 Å². The number of alkyl halides is 1. The van der Waals surface area contributed by atoms with E-state index in [-0.39, 0.29) is 23.0 Å². The summed E-state index contributed by atoms with van der Waals surface area (Å²) < 4.78 is 21.8. The van der Waals surface area contributed by atoms with Gasteiger partial charge in [0.05, 0.1) is 19.0 Å². The minimum Gasteiger partial charge on any atom is -0.394 e. The number of aliphatic hydroxyl groups excluding tert-OH is 1. The van der Waals surface area contributed by atoms with Crippen molar-refractivity contribution < 1.29 is 19.0 Å². The highest BCUT2D eigenvalue weighted by molar-refractivity contribution is 5.91. The van der Waals surface area contributed by atoms with Crippen molar-refractivity contribution in [3.63, 3.8) is 0 Å². The second-order valence-electron chi connectivity index (χ2n) is 6.35. The summed E-state index contributed by atoms with van der Waals surface area (Å²) in [5.41, 5.74) is 7.72. The first-order valence-corrected chi connectivity index (χ1v) is 8.06. The van der Waals surface area contributed by atoms with Gasteiger partial charge in [0.15, 0.2) is 11.2 Å². The summed E-state index contributed by atoms with van der Waals surface area (Å²) in [6, 6.07) is -1.40. The van der Waals surface area contributed by atoms with E-state index in [1.165, 1.54) is 0 Å². The van der Waals surface area contributed by atoms with E-state index in [9.17, 15) is 14.7 Å². The van der Waals surface area contributed by atoms with Crippen LogP contribution in [0.4, 0.5) is 10.3 Å². The van der Waals surface area contributed by atoms with Crippen molar-refractivity contribution in [1.82, 2.24) is 19.5 Å². The van der Waals surface area contributed by atoms with Crippen LogP contribution in [0, 0.1) is 5.92 Å². The lowest BCUT2D eigenvalue weighted by molar-refractivity contribution is -0.118. The third-order valence-corrected chi connectivity index (χ3v) is 4.23. The number of halogens is 1. The van der Waals surface area contributed by atoms with Crippen LogP contribution in [0.15, 0.2) is 16.2 Å². The van der Waals surface area contributed by atoms with Crippen LogP contribution in [0.1, 0.15) is 13.8 Å². The molecule has 0 saturated carbocycles. The molecule has 3 N–H and O–H groups in total. The summed E-state index contributed by atoms with van der Waals surface area (Å²) in [4.78, 5) is 37.0. The van der Waals surface area contributed by atoms with Crippen molar-refractivity contribution >= 4 is 23.0 Å². The summed E-state index contributed by atoms with van der Waals surface area (Å²) in [6.45, 7) is 2.20. The second kappa shape index (κ2) is 6.95. The van der Waals surface area contributed by atoms with E-state index < -0.39 is 42.6 Å². The lowest BCUT2D eigenvalue weighted by Crippen LogP contribution is -2.42. The first-order valence-electron chi connectivity index (χ1n) is 8.06. The Kier molecular flexibility index (Phi) is 4.83. The third kappa shape index (κ3) is 3.12. The first kappa shape index (κ1) is 18.8. The summed E-state index contributed by atoms with van der Waals surface area (Å²) in [6.07, 6.45) is -0.0327. The van der Waals surface area contributed by atoms with Gasteiger partial charge in [-0.25, -0.2) is 9.37 Å². The monoisotopic (exact) mass is 380 g/mol. The van der Waals surface area contributed by atoms with Gasteiger partial charge in [0, 0.05) is 10.8 Å². The second-order valence-corrected chi connectivity index (χ2v) is 6.35. The largest absolute Gasteiger partial charge is 0.394 e. The number of H-pyrrole nitrogens is 1. The Morgan fingerprint density at radius 1 is 1.70 bits per heavy atom. The van der Waals surface area contributed by atoms with Crippen LogP contribution in [0.2, 0.25) is 0 Å². The van der Waals surface area contributed by atoms with Crippen molar-refractivity contribution in [2.45, 2.75) is 31.8 Å². The lowest BCUT2D eigenvalue weighted by Gasteiger charge is -2.25. The molecule has 1 aliphatic rings. The molecule has 0 bridgehead atoms.